The number of carbonyl (C=O) groups excluding carboxylic acids is 2. The third-order valence-corrected chi connectivity index (χ3v) is 4.72. The number of rotatable bonds is 5. The predicted molar refractivity (Wildman–Crippen MR) is 120 cm³/mol. The topological polar surface area (TPSA) is 80.3 Å². The standard InChI is InChI=1S/C24H18ClN3O3/c25-22-11-9-18(14-26-22)15-27-23(29)12-10-16-5-7-17(8-6-16)13-21-24(30)28-19-3-1-2-4-20(19)31-21/h1-14H,15H2,(H,27,29)(H,28,30)/b12-10+,21-13-. The Kier molecular flexibility index (Phi) is 6.10. The smallest absolute Gasteiger partial charge is 0.291 e. The first kappa shape index (κ1) is 20.4. The molecule has 2 heterocycles. The van der Waals surface area contributed by atoms with Crippen molar-refractivity contribution in [3.63, 3.8) is 0 Å². The van der Waals surface area contributed by atoms with E-state index < -0.39 is 0 Å². The number of anilines is 1. The van der Waals surface area contributed by atoms with Crippen LogP contribution in [0.5, 0.6) is 5.75 Å². The molecule has 0 spiro atoms. The average Bonchev–Trinajstić information content (AvgIpc) is 2.79. The predicted octanol–water partition coefficient (Wildman–Crippen LogP) is 4.44. The summed E-state index contributed by atoms with van der Waals surface area (Å²) in [4.78, 5) is 28.2. The third-order valence-electron chi connectivity index (χ3n) is 4.50. The summed E-state index contributed by atoms with van der Waals surface area (Å²) in [5.41, 5.74) is 3.17. The Labute approximate surface area is 184 Å². The number of nitrogens with one attached hydrogen (secondary N) is 2. The van der Waals surface area contributed by atoms with Crippen molar-refractivity contribution in [2.75, 3.05) is 5.32 Å². The molecule has 7 heteroatoms. The van der Waals surface area contributed by atoms with Crippen LogP contribution in [0, 0.1) is 0 Å². The van der Waals surface area contributed by atoms with Gasteiger partial charge in [0.25, 0.3) is 5.91 Å². The number of hydrogen-bond acceptors (Lipinski definition) is 4. The lowest BCUT2D eigenvalue weighted by Crippen LogP contribution is -2.23. The van der Waals surface area contributed by atoms with Gasteiger partial charge < -0.3 is 15.4 Å². The van der Waals surface area contributed by atoms with Gasteiger partial charge in [0.1, 0.15) is 5.15 Å². The van der Waals surface area contributed by atoms with E-state index in [0.29, 0.717) is 23.1 Å². The van der Waals surface area contributed by atoms with Gasteiger partial charge >= 0.3 is 0 Å². The van der Waals surface area contributed by atoms with Crippen molar-refractivity contribution >= 4 is 41.3 Å². The van der Waals surface area contributed by atoms with Crippen molar-refractivity contribution < 1.29 is 14.3 Å². The molecule has 0 radical (unpaired) electrons. The molecule has 2 aromatic carbocycles. The second-order valence-corrected chi connectivity index (χ2v) is 7.16. The Morgan fingerprint density at radius 1 is 1.06 bits per heavy atom. The van der Waals surface area contributed by atoms with E-state index in [1.807, 2.05) is 36.4 Å². The van der Waals surface area contributed by atoms with E-state index in [4.69, 9.17) is 16.3 Å². The van der Waals surface area contributed by atoms with Crippen LogP contribution in [0.4, 0.5) is 5.69 Å². The number of halogens is 1. The fraction of sp³-hybridized carbons (Fsp3) is 0.0417. The van der Waals surface area contributed by atoms with E-state index in [9.17, 15) is 9.59 Å². The van der Waals surface area contributed by atoms with Crippen LogP contribution >= 0.6 is 11.6 Å². The van der Waals surface area contributed by atoms with Gasteiger partial charge in [-0.05, 0) is 47.0 Å². The molecule has 0 saturated carbocycles. The highest BCUT2D eigenvalue weighted by atomic mass is 35.5. The van der Waals surface area contributed by atoms with Gasteiger partial charge in [0.15, 0.2) is 11.5 Å². The molecule has 1 aliphatic heterocycles. The molecule has 2 N–H and O–H groups in total. The molecule has 6 nitrogen and oxygen atoms in total. The van der Waals surface area contributed by atoms with Gasteiger partial charge in [-0.1, -0.05) is 54.1 Å². The zero-order valence-electron chi connectivity index (χ0n) is 16.3. The first-order valence-corrected chi connectivity index (χ1v) is 9.91. The number of hydrogen-bond donors (Lipinski definition) is 2. The average molecular weight is 432 g/mol. The van der Waals surface area contributed by atoms with E-state index in [1.165, 1.54) is 6.08 Å². The van der Waals surface area contributed by atoms with Crippen LogP contribution in [-0.2, 0) is 16.1 Å². The molecule has 0 fully saturated rings. The summed E-state index contributed by atoms with van der Waals surface area (Å²) in [7, 11) is 0. The number of amides is 2. The van der Waals surface area contributed by atoms with E-state index in [2.05, 4.69) is 15.6 Å². The fourth-order valence-electron chi connectivity index (χ4n) is 2.89. The highest BCUT2D eigenvalue weighted by Gasteiger charge is 2.21. The summed E-state index contributed by atoms with van der Waals surface area (Å²) in [6, 6.07) is 18.1. The molecule has 4 rings (SSSR count). The van der Waals surface area contributed by atoms with Crippen LogP contribution < -0.4 is 15.4 Å². The van der Waals surface area contributed by atoms with Crippen molar-refractivity contribution in [1.82, 2.24) is 10.3 Å². The van der Waals surface area contributed by atoms with Crippen LogP contribution in [0.25, 0.3) is 12.2 Å². The van der Waals surface area contributed by atoms with Crippen LogP contribution in [0.15, 0.2) is 78.7 Å². The van der Waals surface area contributed by atoms with Gasteiger partial charge in [-0.15, -0.1) is 0 Å². The quantitative estimate of drug-likeness (QED) is 0.462. The second kappa shape index (κ2) is 9.28. The molecule has 0 aliphatic carbocycles. The minimum Gasteiger partial charge on any atom is -0.449 e. The van der Waals surface area contributed by atoms with Crippen molar-refractivity contribution in [3.8, 4) is 5.75 Å². The van der Waals surface area contributed by atoms with E-state index in [-0.39, 0.29) is 17.6 Å². The summed E-state index contributed by atoms with van der Waals surface area (Å²) in [6.07, 6.45) is 6.47. The largest absolute Gasteiger partial charge is 0.449 e. The lowest BCUT2D eigenvalue weighted by atomic mass is 10.1. The lowest BCUT2D eigenvalue weighted by Gasteiger charge is -2.19. The summed E-state index contributed by atoms with van der Waals surface area (Å²) in [5.74, 6) is 0.314. The lowest BCUT2D eigenvalue weighted by molar-refractivity contribution is -0.116. The van der Waals surface area contributed by atoms with Gasteiger partial charge in [-0.25, -0.2) is 4.98 Å². The first-order valence-electron chi connectivity index (χ1n) is 9.53. The molecule has 0 bridgehead atoms. The highest BCUT2D eigenvalue weighted by molar-refractivity contribution is 6.29. The van der Waals surface area contributed by atoms with Crippen molar-refractivity contribution in [2.45, 2.75) is 6.54 Å². The summed E-state index contributed by atoms with van der Waals surface area (Å²) in [6.45, 7) is 0.366. The number of benzene rings is 2. The monoisotopic (exact) mass is 431 g/mol. The molecule has 0 atom stereocenters. The van der Waals surface area contributed by atoms with Gasteiger partial charge in [0, 0.05) is 18.8 Å². The minimum atomic E-state index is -0.296. The maximum Gasteiger partial charge on any atom is 0.291 e. The Bertz CT molecular complexity index is 1170. The summed E-state index contributed by atoms with van der Waals surface area (Å²) in [5, 5.41) is 6.00. The highest BCUT2D eigenvalue weighted by Crippen LogP contribution is 2.30. The third kappa shape index (κ3) is 5.38. The fourth-order valence-corrected chi connectivity index (χ4v) is 3.00. The summed E-state index contributed by atoms with van der Waals surface area (Å²) >= 11 is 5.75. The van der Waals surface area contributed by atoms with Crippen molar-refractivity contribution in [2.24, 2.45) is 0 Å². The van der Waals surface area contributed by atoms with Crippen LogP contribution in [0.1, 0.15) is 16.7 Å². The Morgan fingerprint density at radius 2 is 1.84 bits per heavy atom. The number of carbonyl (C=O) groups is 2. The molecule has 154 valence electrons. The van der Waals surface area contributed by atoms with E-state index in [1.54, 1.807) is 42.6 Å². The molecule has 0 saturated heterocycles. The van der Waals surface area contributed by atoms with Gasteiger partial charge in [-0.3, -0.25) is 9.59 Å². The number of fused-ring (bicyclic) bond motifs is 1. The van der Waals surface area contributed by atoms with Gasteiger partial charge in [0.2, 0.25) is 5.91 Å². The first-order chi connectivity index (χ1) is 15.1. The van der Waals surface area contributed by atoms with Gasteiger partial charge in [0.05, 0.1) is 5.69 Å². The van der Waals surface area contributed by atoms with E-state index in [0.717, 1.165) is 16.7 Å². The van der Waals surface area contributed by atoms with Crippen LogP contribution in [-0.4, -0.2) is 16.8 Å². The SMILES string of the molecule is O=C(/C=C/c1ccc(/C=C2\Oc3ccccc3NC2=O)cc1)NCc1ccc(Cl)nc1. The molecular formula is C24H18ClN3O3. The maximum absolute atomic E-state index is 12.2. The Morgan fingerprint density at radius 3 is 2.61 bits per heavy atom. The van der Waals surface area contributed by atoms with Crippen molar-refractivity contribution in [3.05, 3.63) is 101 Å². The number of aromatic nitrogens is 1. The van der Waals surface area contributed by atoms with Gasteiger partial charge in [-0.2, -0.15) is 0 Å². The van der Waals surface area contributed by atoms with Crippen LogP contribution in [0.2, 0.25) is 5.15 Å². The number of para-hydroxylation sites is 2. The normalized spacial score (nSPS) is 14.1. The zero-order valence-corrected chi connectivity index (χ0v) is 17.1. The number of ether oxygens (including phenoxy) is 1. The molecule has 0 unspecified atom stereocenters. The van der Waals surface area contributed by atoms with Crippen molar-refractivity contribution in [1.29, 1.82) is 0 Å². The molecule has 3 aromatic rings. The number of pyridine rings is 1. The molecule has 1 aromatic heterocycles. The Hall–Kier alpha value is -3.90. The zero-order chi connectivity index (χ0) is 21.6. The molecule has 31 heavy (non-hydrogen) atoms. The minimum absolute atomic E-state index is 0.216. The summed E-state index contributed by atoms with van der Waals surface area (Å²) < 4.78 is 5.70. The van der Waals surface area contributed by atoms with Crippen LogP contribution in [0.3, 0.4) is 0 Å². The molecular weight excluding hydrogens is 414 g/mol. The maximum atomic E-state index is 12.2. The molecule has 2 amide bonds. The Balaban J connectivity index is 1.36. The second-order valence-electron chi connectivity index (χ2n) is 6.77. The van der Waals surface area contributed by atoms with E-state index >= 15 is 0 Å². The number of nitrogens with zero attached hydrogens (tertiary/aromatic N) is 1. The molecule has 1 aliphatic rings.